The van der Waals surface area contributed by atoms with E-state index in [9.17, 15) is 43.0 Å². The number of allylic oxidation sites excluding steroid dienone is 1. The van der Waals surface area contributed by atoms with Crippen LogP contribution in [0.1, 0.15) is 33.7 Å². The van der Waals surface area contributed by atoms with Crippen molar-refractivity contribution in [1.29, 1.82) is 21.0 Å². The molecule has 0 spiro atoms. The normalized spacial score (nSPS) is 14.1. The van der Waals surface area contributed by atoms with Gasteiger partial charge in [0.1, 0.15) is 23.6 Å². The lowest BCUT2D eigenvalue weighted by molar-refractivity contribution is -0.137. The molecular weight excluding hydrogens is 585 g/mol. The standard InChI is InChI=1S/C33H11F7N4/c34-29-27-24-9-22-20(8-23(24)26(17(12-43)13-44)28(27)30(35)32(37)31(29)36)19-5-4-15(7-21(19)25(22)16(10-41)11-42)14-2-1-3-18(6-14)33(38,39)40/h1-9,16,25H. The fourth-order valence-electron chi connectivity index (χ4n) is 6.00. The molecule has 2 aliphatic rings. The molecule has 0 aromatic heterocycles. The summed E-state index contributed by atoms with van der Waals surface area (Å²) in [6.45, 7) is 0. The Balaban J connectivity index is 1.65. The smallest absolute Gasteiger partial charge is 0.203 e. The average molecular weight is 596 g/mol. The molecule has 212 valence electrons. The molecular formula is C33H11F7N4. The van der Waals surface area contributed by atoms with E-state index in [0.29, 0.717) is 22.3 Å². The summed E-state index contributed by atoms with van der Waals surface area (Å²) in [6.07, 6.45) is -4.61. The Morgan fingerprint density at radius 1 is 0.636 bits per heavy atom. The molecule has 0 fully saturated rings. The molecule has 0 amide bonds. The quantitative estimate of drug-likeness (QED) is 0.0883. The number of nitriles is 4. The molecule has 1 unspecified atom stereocenters. The van der Waals surface area contributed by atoms with Gasteiger partial charge in [-0.15, -0.1) is 0 Å². The summed E-state index contributed by atoms with van der Waals surface area (Å²) in [5.74, 6) is -10.2. The first-order valence-corrected chi connectivity index (χ1v) is 12.7. The van der Waals surface area contributed by atoms with Gasteiger partial charge in [0.2, 0.25) is 0 Å². The second kappa shape index (κ2) is 9.83. The van der Waals surface area contributed by atoms with Crippen LogP contribution >= 0.6 is 0 Å². The monoisotopic (exact) mass is 596 g/mol. The van der Waals surface area contributed by atoms with E-state index in [2.05, 4.69) is 0 Å². The Labute approximate surface area is 244 Å². The predicted molar refractivity (Wildman–Crippen MR) is 141 cm³/mol. The van der Waals surface area contributed by atoms with Crippen molar-refractivity contribution in [3.8, 4) is 57.7 Å². The zero-order valence-electron chi connectivity index (χ0n) is 21.8. The van der Waals surface area contributed by atoms with Gasteiger partial charge in [0.15, 0.2) is 23.3 Å². The van der Waals surface area contributed by atoms with Crippen LogP contribution in [-0.4, -0.2) is 0 Å². The lowest BCUT2D eigenvalue weighted by atomic mass is 9.84. The fraction of sp³-hybridized carbons (Fsp3) is 0.0909. The number of hydrogen-bond donors (Lipinski definition) is 0. The number of rotatable bonds is 2. The number of fused-ring (bicyclic) bond motifs is 6. The van der Waals surface area contributed by atoms with Gasteiger partial charge < -0.3 is 0 Å². The van der Waals surface area contributed by atoms with Crippen LogP contribution in [-0.2, 0) is 6.18 Å². The highest BCUT2D eigenvalue weighted by Crippen LogP contribution is 2.56. The second-order valence-electron chi connectivity index (χ2n) is 10.1. The number of hydrogen-bond acceptors (Lipinski definition) is 4. The minimum Gasteiger partial charge on any atom is -0.203 e. The minimum absolute atomic E-state index is 0.0846. The molecule has 0 aliphatic heterocycles. The van der Waals surface area contributed by atoms with Crippen LogP contribution in [0.4, 0.5) is 30.7 Å². The van der Waals surface area contributed by atoms with Crippen molar-refractivity contribution in [2.75, 3.05) is 0 Å². The van der Waals surface area contributed by atoms with E-state index < -0.39 is 69.1 Å². The number of nitrogens with zero attached hydrogens (tertiary/aromatic N) is 4. The van der Waals surface area contributed by atoms with Crippen LogP contribution < -0.4 is 0 Å². The Morgan fingerprint density at radius 3 is 1.86 bits per heavy atom. The largest absolute Gasteiger partial charge is 0.416 e. The SMILES string of the molecule is N#CC(C#N)=C1c2cc3c(cc2-c2c(F)c(F)c(F)c(F)c21)C(C(C#N)C#N)c1cc(-c2cccc(C(F)(F)F)c2)ccc1-3. The summed E-state index contributed by atoms with van der Waals surface area (Å²) in [5.41, 5.74) is -1.97. The van der Waals surface area contributed by atoms with E-state index in [0.717, 1.165) is 12.1 Å². The maximum atomic E-state index is 15.3. The minimum atomic E-state index is -4.61. The van der Waals surface area contributed by atoms with E-state index in [1.165, 1.54) is 36.4 Å². The van der Waals surface area contributed by atoms with Gasteiger partial charge in [-0.2, -0.15) is 34.2 Å². The first-order chi connectivity index (χ1) is 21.0. The van der Waals surface area contributed by atoms with E-state index in [1.807, 2.05) is 12.1 Å². The Bertz CT molecular complexity index is 2140. The van der Waals surface area contributed by atoms with Gasteiger partial charge in [-0.3, -0.25) is 0 Å². The molecule has 4 nitrogen and oxygen atoms in total. The third kappa shape index (κ3) is 3.87. The molecule has 4 aromatic rings. The molecule has 0 saturated carbocycles. The van der Waals surface area contributed by atoms with Crippen molar-refractivity contribution >= 4 is 5.57 Å². The van der Waals surface area contributed by atoms with Gasteiger partial charge in [0.05, 0.1) is 17.7 Å². The molecule has 2 aliphatic carbocycles. The summed E-state index contributed by atoms with van der Waals surface area (Å²) >= 11 is 0. The third-order valence-electron chi connectivity index (χ3n) is 7.87. The van der Waals surface area contributed by atoms with Gasteiger partial charge >= 0.3 is 6.18 Å². The predicted octanol–water partition coefficient (Wildman–Crippen LogP) is 8.53. The molecule has 11 heteroatoms. The lowest BCUT2D eigenvalue weighted by Crippen LogP contribution is -2.09. The van der Waals surface area contributed by atoms with Gasteiger partial charge in [0.25, 0.3) is 0 Å². The summed E-state index contributed by atoms with van der Waals surface area (Å²) in [5, 5.41) is 38.9. The number of halogens is 7. The highest BCUT2D eigenvalue weighted by molar-refractivity contribution is 6.06. The highest BCUT2D eigenvalue weighted by atomic mass is 19.4. The van der Waals surface area contributed by atoms with Crippen LogP contribution in [0.3, 0.4) is 0 Å². The summed E-state index contributed by atoms with van der Waals surface area (Å²) in [7, 11) is 0. The van der Waals surface area contributed by atoms with E-state index in [-0.39, 0.29) is 22.3 Å². The van der Waals surface area contributed by atoms with Crippen LogP contribution in [0.5, 0.6) is 0 Å². The molecule has 44 heavy (non-hydrogen) atoms. The van der Waals surface area contributed by atoms with Crippen molar-refractivity contribution in [3.05, 3.63) is 111 Å². The van der Waals surface area contributed by atoms with Crippen molar-refractivity contribution in [2.24, 2.45) is 5.92 Å². The van der Waals surface area contributed by atoms with E-state index in [1.54, 1.807) is 18.2 Å². The summed E-state index contributed by atoms with van der Waals surface area (Å²) in [6, 6.07) is 18.7. The molecule has 4 aromatic carbocycles. The Morgan fingerprint density at radius 2 is 1.25 bits per heavy atom. The zero-order valence-corrected chi connectivity index (χ0v) is 21.8. The molecule has 0 saturated heterocycles. The number of benzene rings is 4. The van der Waals surface area contributed by atoms with Crippen molar-refractivity contribution in [1.82, 2.24) is 0 Å². The second-order valence-corrected chi connectivity index (χ2v) is 10.1. The van der Waals surface area contributed by atoms with Gasteiger partial charge in [-0.05, 0) is 74.8 Å². The van der Waals surface area contributed by atoms with Crippen LogP contribution in [0.25, 0.3) is 39.0 Å². The Kier molecular flexibility index (Phi) is 6.31. The average Bonchev–Trinajstić information content (AvgIpc) is 3.51. The molecule has 0 heterocycles. The molecule has 0 radical (unpaired) electrons. The highest BCUT2D eigenvalue weighted by Gasteiger charge is 2.41. The maximum absolute atomic E-state index is 15.3. The molecule has 1 atom stereocenters. The van der Waals surface area contributed by atoms with Crippen LogP contribution in [0.2, 0.25) is 0 Å². The van der Waals surface area contributed by atoms with Gasteiger partial charge in [-0.25, -0.2) is 17.6 Å². The molecule has 6 rings (SSSR count). The van der Waals surface area contributed by atoms with Gasteiger partial charge in [-0.1, -0.05) is 24.3 Å². The van der Waals surface area contributed by atoms with Crippen molar-refractivity contribution < 1.29 is 30.7 Å². The number of alkyl halides is 3. The molecule has 0 N–H and O–H groups in total. The van der Waals surface area contributed by atoms with Crippen LogP contribution in [0.15, 0.2) is 60.2 Å². The van der Waals surface area contributed by atoms with E-state index in [4.69, 9.17) is 0 Å². The van der Waals surface area contributed by atoms with Crippen molar-refractivity contribution in [2.45, 2.75) is 12.1 Å². The van der Waals surface area contributed by atoms with E-state index >= 15 is 8.78 Å². The van der Waals surface area contributed by atoms with Crippen LogP contribution in [0, 0.1) is 74.5 Å². The first-order valence-electron chi connectivity index (χ1n) is 12.7. The molecule has 0 bridgehead atoms. The fourth-order valence-corrected chi connectivity index (χ4v) is 6.00. The maximum Gasteiger partial charge on any atom is 0.416 e. The zero-order chi connectivity index (χ0) is 31.7. The summed E-state index contributed by atoms with van der Waals surface area (Å²) < 4.78 is 99.4. The van der Waals surface area contributed by atoms with Gasteiger partial charge in [0, 0.05) is 22.6 Å². The Hall–Kier alpha value is -5.91. The topological polar surface area (TPSA) is 95.2 Å². The summed E-state index contributed by atoms with van der Waals surface area (Å²) in [4.78, 5) is 0. The third-order valence-corrected chi connectivity index (χ3v) is 7.87. The first kappa shape index (κ1) is 28.2. The van der Waals surface area contributed by atoms with Crippen molar-refractivity contribution in [3.63, 3.8) is 0 Å². The lowest BCUT2D eigenvalue weighted by Gasteiger charge is -2.16.